The molecule has 3 nitrogen and oxygen atoms in total. The van der Waals surface area contributed by atoms with E-state index in [0.717, 1.165) is 38.2 Å². The van der Waals surface area contributed by atoms with Gasteiger partial charge < -0.3 is 10.2 Å². The molecule has 20 heavy (non-hydrogen) atoms. The van der Waals surface area contributed by atoms with Gasteiger partial charge in [-0.1, -0.05) is 20.8 Å². The normalized spacial score (nSPS) is 13.2. The van der Waals surface area contributed by atoms with Crippen molar-refractivity contribution in [1.82, 2.24) is 15.2 Å². The molecular formula is C16H28FN3. The third-order valence-corrected chi connectivity index (χ3v) is 3.22. The van der Waals surface area contributed by atoms with Gasteiger partial charge in [-0.2, -0.15) is 0 Å². The Balaban J connectivity index is 2.57. The summed E-state index contributed by atoms with van der Waals surface area (Å²) in [4.78, 5) is 6.56. The van der Waals surface area contributed by atoms with Crippen molar-refractivity contribution in [2.45, 2.75) is 39.7 Å². The Morgan fingerprint density at radius 2 is 2.10 bits per heavy atom. The molecule has 0 radical (unpaired) electrons. The second kappa shape index (κ2) is 9.03. The van der Waals surface area contributed by atoms with Gasteiger partial charge in [-0.05, 0) is 51.0 Å². The molecule has 0 aliphatic carbocycles. The Morgan fingerprint density at radius 1 is 1.35 bits per heavy atom. The maximum atomic E-state index is 13.0. The lowest BCUT2D eigenvalue weighted by Crippen LogP contribution is -2.30. The first-order valence-corrected chi connectivity index (χ1v) is 7.56. The Morgan fingerprint density at radius 3 is 2.65 bits per heavy atom. The van der Waals surface area contributed by atoms with E-state index in [0.29, 0.717) is 5.92 Å². The van der Waals surface area contributed by atoms with E-state index < -0.39 is 0 Å². The van der Waals surface area contributed by atoms with Crippen molar-refractivity contribution in [3.05, 3.63) is 29.8 Å². The Bertz CT molecular complexity index is 364. The van der Waals surface area contributed by atoms with Gasteiger partial charge in [0.25, 0.3) is 0 Å². The van der Waals surface area contributed by atoms with Gasteiger partial charge in [-0.25, -0.2) is 4.39 Å². The van der Waals surface area contributed by atoms with Crippen LogP contribution in [0.2, 0.25) is 0 Å². The predicted molar refractivity (Wildman–Crippen MR) is 82.2 cm³/mol. The molecule has 0 amide bonds. The quantitative estimate of drug-likeness (QED) is 0.753. The first-order valence-electron chi connectivity index (χ1n) is 7.56. The lowest BCUT2D eigenvalue weighted by atomic mass is 10.1. The van der Waals surface area contributed by atoms with Crippen molar-refractivity contribution in [1.29, 1.82) is 0 Å². The van der Waals surface area contributed by atoms with Gasteiger partial charge in [0.15, 0.2) is 0 Å². The van der Waals surface area contributed by atoms with Crippen LogP contribution in [0.3, 0.4) is 0 Å². The van der Waals surface area contributed by atoms with Crippen molar-refractivity contribution in [3.8, 4) is 0 Å². The average molecular weight is 281 g/mol. The van der Waals surface area contributed by atoms with E-state index in [-0.39, 0.29) is 11.9 Å². The van der Waals surface area contributed by atoms with Crippen LogP contribution in [0.5, 0.6) is 0 Å². The third kappa shape index (κ3) is 6.44. The molecule has 4 heteroatoms. The maximum absolute atomic E-state index is 13.0. The van der Waals surface area contributed by atoms with E-state index in [2.05, 4.69) is 43.0 Å². The molecule has 1 heterocycles. The van der Waals surface area contributed by atoms with Crippen molar-refractivity contribution in [2.75, 3.05) is 26.7 Å². The summed E-state index contributed by atoms with van der Waals surface area (Å²) in [6.45, 7) is 9.66. The van der Waals surface area contributed by atoms with E-state index in [4.69, 9.17) is 0 Å². The van der Waals surface area contributed by atoms with Crippen LogP contribution in [0.25, 0.3) is 0 Å². The van der Waals surface area contributed by atoms with Crippen LogP contribution in [0.4, 0.5) is 4.39 Å². The molecule has 0 saturated carbocycles. The Hall–Kier alpha value is -1.00. The number of aromatic nitrogens is 1. The number of nitrogens with one attached hydrogen (secondary N) is 1. The molecule has 1 atom stereocenters. The molecule has 0 saturated heterocycles. The second-order valence-corrected chi connectivity index (χ2v) is 5.85. The monoisotopic (exact) mass is 281 g/mol. The van der Waals surface area contributed by atoms with Gasteiger partial charge in [0.1, 0.15) is 5.82 Å². The topological polar surface area (TPSA) is 28.2 Å². The van der Waals surface area contributed by atoms with E-state index in [1.165, 1.54) is 12.3 Å². The zero-order chi connectivity index (χ0) is 15.0. The molecular weight excluding hydrogens is 253 g/mol. The second-order valence-electron chi connectivity index (χ2n) is 5.85. The predicted octanol–water partition coefficient (Wildman–Crippen LogP) is 3.24. The summed E-state index contributed by atoms with van der Waals surface area (Å²) in [6, 6.07) is 3.47. The summed E-state index contributed by atoms with van der Waals surface area (Å²) < 4.78 is 13.0. The fourth-order valence-electron chi connectivity index (χ4n) is 2.33. The molecule has 0 aliphatic rings. The molecule has 0 fully saturated rings. The fraction of sp³-hybridized carbons (Fsp3) is 0.688. The van der Waals surface area contributed by atoms with Crippen LogP contribution in [0, 0.1) is 11.7 Å². The highest BCUT2D eigenvalue weighted by Gasteiger charge is 2.13. The average Bonchev–Trinajstić information content (AvgIpc) is 2.39. The summed E-state index contributed by atoms with van der Waals surface area (Å²) in [6.07, 6.45) is 3.37. The summed E-state index contributed by atoms with van der Waals surface area (Å²) in [7, 11) is 2.15. The van der Waals surface area contributed by atoms with Gasteiger partial charge in [-0.3, -0.25) is 4.98 Å². The number of halogens is 1. The van der Waals surface area contributed by atoms with Gasteiger partial charge in [0.05, 0.1) is 17.9 Å². The molecule has 1 aromatic heterocycles. The number of rotatable bonds is 9. The van der Waals surface area contributed by atoms with Crippen LogP contribution in [-0.4, -0.2) is 36.6 Å². The van der Waals surface area contributed by atoms with Gasteiger partial charge >= 0.3 is 0 Å². The van der Waals surface area contributed by atoms with Gasteiger partial charge in [-0.15, -0.1) is 0 Å². The highest BCUT2D eigenvalue weighted by molar-refractivity contribution is 5.10. The van der Waals surface area contributed by atoms with Crippen LogP contribution in [0.15, 0.2) is 18.3 Å². The van der Waals surface area contributed by atoms with Gasteiger partial charge in [0, 0.05) is 6.54 Å². The zero-order valence-corrected chi connectivity index (χ0v) is 13.2. The zero-order valence-electron chi connectivity index (χ0n) is 13.2. The minimum atomic E-state index is -0.278. The van der Waals surface area contributed by atoms with Crippen molar-refractivity contribution < 1.29 is 4.39 Å². The lowest BCUT2D eigenvalue weighted by molar-refractivity contribution is 0.275. The minimum absolute atomic E-state index is 0.199. The number of pyridine rings is 1. The number of hydrogen-bond acceptors (Lipinski definition) is 3. The molecule has 1 unspecified atom stereocenters. The molecule has 0 bridgehead atoms. The largest absolute Gasteiger partial charge is 0.309 e. The molecule has 1 rings (SSSR count). The number of hydrogen-bond donors (Lipinski definition) is 1. The van der Waals surface area contributed by atoms with Crippen LogP contribution in [-0.2, 0) is 0 Å². The first kappa shape index (κ1) is 17.1. The number of nitrogens with zero attached hydrogens (tertiary/aromatic N) is 2. The lowest BCUT2D eigenvalue weighted by Gasteiger charge is -2.23. The van der Waals surface area contributed by atoms with E-state index in [1.54, 1.807) is 6.07 Å². The summed E-state index contributed by atoms with van der Waals surface area (Å²) in [5.41, 5.74) is 0.929. The molecule has 1 aromatic rings. The van der Waals surface area contributed by atoms with Gasteiger partial charge in [0.2, 0.25) is 0 Å². The van der Waals surface area contributed by atoms with E-state index in [9.17, 15) is 4.39 Å². The van der Waals surface area contributed by atoms with Crippen molar-refractivity contribution in [2.24, 2.45) is 5.92 Å². The van der Waals surface area contributed by atoms with Crippen molar-refractivity contribution in [3.63, 3.8) is 0 Å². The maximum Gasteiger partial charge on any atom is 0.141 e. The molecule has 0 aromatic carbocycles. The van der Waals surface area contributed by atoms with Crippen LogP contribution in [0.1, 0.15) is 45.3 Å². The molecule has 0 aliphatic heterocycles. The van der Waals surface area contributed by atoms with E-state index in [1.807, 2.05) is 0 Å². The third-order valence-electron chi connectivity index (χ3n) is 3.22. The Labute approximate surface area is 122 Å². The fourth-order valence-corrected chi connectivity index (χ4v) is 2.33. The molecule has 114 valence electrons. The van der Waals surface area contributed by atoms with E-state index >= 15 is 0 Å². The Kier molecular flexibility index (Phi) is 7.70. The first-order chi connectivity index (χ1) is 9.52. The minimum Gasteiger partial charge on any atom is -0.309 e. The highest BCUT2D eigenvalue weighted by Crippen LogP contribution is 2.15. The molecule has 0 spiro atoms. The standard InChI is InChI=1S/C16H28FN3/c1-5-9-18-16(8-10-20(4)12-13(2)3)15-7-6-14(17)11-19-15/h6-7,11,13,16,18H,5,8-10,12H2,1-4H3. The summed E-state index contributed by atoms with van der Waals surface area (Å²) in [5.74, 6) is 0.394. The van der Waals surface area contributed by atoms with Crippen LogP contribution < -0.4 is 5.32 Å². The summed E-state index contributed by atoms with van der Waals surface area (Å²) >= 11 is 0. The highest BCUT2D eigenvalue weighted by atomic mass is 19.1. The SMILES string of the molecule is CCCNC(CCN(C)CC(C)C)c1ccc(F)cn1. The summed E-state index contributed by atoms with van der Waals surface area (Å²) in [5, 5.41) is 3.50. The molecule has 1 N–H and O–H groups in total. The van der Waals surface area contributed by atoms with Crippen molar-refractivity contribution >= 4 is 0 Å². The smallest absolute Gasteiger partial charge is 0.141 e. The van der Waals surface area contributed by atoms with Crippen LogP contribution >= 0.6 is 0 Å².